The van der Waals surface area contributed by atoms with E-state index in [9.17, 15) is 19.2 Å². The van der Waals surface area contributed by atoms with Crippen LogP contribution < -0.4 is 5.32 Å². The van der Waals surface area contributed by atoms with E-state index < -0.39 is 23.3 Å². The summed E-state index contributed by atoms with van der Waals surface area (Å²) in [5, 5.41) is 21.2. The van der Waals surface area contributed by atoms with Crippen molar-refractivity contribution in [1.82, 2.24) is 5.32 Å². The summed E-state index contributed by atoms with van der Waals surface area (Å²) in [5.41, 5.74) is 0.526. The number of hydrogen-bond acceptors (Lipinski definition) is 4. The lowest BCUT2D eigenvalue weighted by molar-refractivity contribution is -0.148. The highest BCUT2D eigenvalue weighted by Gasteiger charge is 2.65. The minimum absolute atomic E-state index is 0.0135. The Morgan fingerprint density at radius 2 is 1.71 bits per heavy atom. The highest BCUT2D eigenvalue weighted by molar-refractivity contribution is 6.09. The molecule has 31 heavy (non-hydrogen) atoms. The van der Waals surface area contributed by atoms with Crippen molar-refractivity contribution < 1.29 is 29.4 Å². The fourth-order valence-corrected chi connectivity index (χ4v) is 5.33. The Morgan fingerprint density at radius 1 is 1.13 bits per heavy atom. The van der Waals surface area contributed by atoms with Gasteiger partial charge in [0.1, 0.15) is 11.2 Å². The first-order valence-electron chi connectivity index (χ1n) is 11.0. The molecule has 0 spiro atoms. The van der Waals surface area contributed by atoms with Crippen LogP contribution in [0.3, 0.4) is 0 Å². The maximum atomic E-state index is 13.6. The third-order valence-corrected chi connectivity index (χ3v) is 6.83. The minimum atomic E-state index is -1.36. The molecule has 5 unspecified atom stereocenters. The number of fused-ring (bicyclic) bond motifs is 1. The molecule has 5 atom stereocenters. The van der Waals surface area contributed by atoms with Gasteiger partial charge < -0.3 is 15.5 Å². The molecule has 1 aliphatic heterocycles. The van der Waals surface area contributed by atoms with Gasteiger partial charge in [-0.3, -0.25) is 19.2 Å². The summed E-state index contributed by atoms with van der Waals surface area (Å²) in [7, 11) is 0. The molecule has 1 aliphatic carbocycles. The van der Waals surface area contributed by atoms with Crippen molar-refractivity contribution >= 4 is 23.6 Å². The molecule has 172 valence electrons. The fraction of sp³-hybridized carbons (Fsp3) is 0.667. The third kappa shape index (κ3) is 5.08. The van der Waals surface area contributed by atoms with E-state index >= 15 is 0 Å². The molecule has 2 rings (SSSR count). The van der Waals surface area contributed by atoms with E-state index in [1.54, 1.807) is 0 Å². The van der Waals surface area contributed by atoms with Gasteiger partial charge in [0, 0.05) is 30.7 Å². The third-order valence-electron chi connectivity index (χ3n) is 6.83. The van der Waals surface area contributed by atoms with Gasteiger partial charge in [-0.25, -0.2) is 0 Å². The monoisotopic (exact) mass is 433 g/mol. The van der Waals surface area contributed by atoms with Crippen molar-refractivity contribution in [2.75, 3.05) is 0 Å². The van der Waals surface area contributed by atoms with Crippen LogP contribution in [-0.2, 0) is 19.2 Å². The van der Waals surface area contributed by atoms with Crippen LogP contribution in [0.1, 0.15) is 66.7 Å². The first-order valence-corrected chi connectivity index (χ1v) is 11.0. The van der Waals surface area contributed by atoms with Crippen LogP contribution in [0.15, 0.2) is 23.3 Å². The number of carbonyl (C=O) groups excluding carboxylic acids is 2. The normalized spacial score (nSPS) is 30.6. The van der Waals surface area contributed by atoms with Gasteiger partial charge >= 0.3 is 11.9 Å². The van der Waals surface area contributed by atoms with E-state index in [4.69, 9.17) is 10.2 Å². The smallest absolute Gasteiger partial charge is 0.303 e. The Balaban J connectivity index is 2.59. The highest BCUT2D eigenvalue weighted by atomic mass is 16.4. The number of Topliss-reactive ketones (excluding diaryl/α,β-unsaturated/α-hetero) is 1. The second-order valence-electron chi connectivity index (χ2n) is 9.55. The van der Waals surface area contributed by atoms with Crippen LogP contribution in [0, 0.1) is 29.1 Å². The van der Waals surface area contributed by atoms with Crippen LogP contribution in [0.25, 0.3) is 0 Å². The molecule has 0 bridgehead atoms. The second kappa shape index (κ2) is 9.79. The van der Waals surface area contributed by atoms with Gasteiger partial charge in [-0.05, 0) is 38.5 Å². The summed E-state index contributed by atoms with van der Waals surface area (Å²) in [6, 6.07) is -0.171. The molecule has 1 heterocycles. The number of aliphatic carboxylic acids is 2. The van der Waals surface area contributed by atoms with E-state index in [1.165, 1.54) is 0 Å². The van der Waals surface area contributed by atoms with Crippen molar-refractivity contribution in [3.63, 3.8) is 0 Å². The number of carboxylic acid groups (broad SMARTS) is 2. The quantitative estimate of drug-likeness (QED) is 0.358. The zero-order valence-corrected chi connectivity index (χ0v) is 19.1. The largest absolute Gasteiger partial charge is 0.481 e. The van der Waals surface area contributed by atoms with Gasteiger partial charge in [0.2, 0.25) is 5.91 Å². The summed E-state index contributed by atoms with van der Waals surface area (Å²) in [6.07, 6.45) is 4.31. The molecule has 0 saturated carbocycles. The van der Waals surface area contributed by atoms with E-state index in [0.29, 0.717) is 12.3 Å². The molecule has 2 aliphatic rings. The fourth-order valence-electron chi connectivity index (χ4n) is 5.33. The maximum Gasteiger partial charge on any atom is 0.303 e. The molecule has 0 aromatic heterocycles. The summed E-state index contributed by atoms with van der Waals surface area (Å²) in [6.45, 7) is 9.98. The van der Waals surface area contributed by atoms with E-state index in [2.05, 4.69) is 19.2 Å². The van der Waals surface area contributed by atoms with Crippen molar-refractivity contribution in [1.29, 1.82) is 0 Å². The zero-order valence-electron chi connectivity index (χ0n) is 19.1. The van der Waals surface area contributed by atoms with Gasteiger partial charge in [-0.15, -0.1) is 0 Å². The number of allylic oxidation sites excluding steroid dienone is 4. The second-order valence-corrected chi connectivity index (χ2v) is 9.55. The standard InChI is InChI=1S/C24H35NO6/c1-13(2)10-18-22-16(5)15(4)12-17(11-14(3)6-8-20(27)28)24(22,23(31)25-18)19(26)7-9-21(29)30/h11-13,16-18,22H,6-10H2,1-5H3,(H,25,31)(H,27,28)(H,29,30)/b14-11+. The number of rotatable bonds is 10. The van der Waals surface area contributed by atoms with Gasteiger partial charge in [0.05, 0.1) is 6.42 Å². The van der Waals surface area contributed by atoms with Crippen LogP contribution in [0.2, 0.25) is 0 Å². The van der Waals surface area contributed by atoms with Gasteiger partial charge in [-0.1, -0.05) is 44.1 Å². The topological polar surface area (TPSA) is 121 Å². The van der Waals surface area contributed by atoms with Gasteiger partial charge in [-0.2, -0.15) is 0 Å². The van der Waals surface area contributed by atoms with Crippen LogP contribution >= 0.6 is 0 Å². The number of carbonyl (C=O) groups is 4. The van der Waals surface area contributed by atoms with E-state index in [-0.39, 0.29) is 48.8 Å². The molecule has 7 nitrogen and oxygen atoms in total. The minimum Gasteiger partial charge on any atom is -0.481 e. The number of ketones is 1. The lowest BCUT2D eigenvalue weighted by Crippen LogP contribution is -2.52. The molecule has 1 saturated heterocycles. The number of hydrogen-bond donors (Lipinski definition) is 3. The van der Waals surface area contributed by atoms with E-state index in [0.717, 1.165) is 17.6 Å². The summed E-state index contributed by atoms with van der Waals surface area (Å²) in [5.74, 6) is -3.15. The summed E-state index contributed by atoms with van der Waals surface area (Å²) >= 11 is 0. The first-order chi connectivity index (χ1) is 14.4. The Morgan fingerprint density at radius 3 is 2.26 bits per heavy atom. The molecule has 0 radical (unpaired) electrons. The van der Waals surface area contributed by atoms with E-state index in [1.807, 2.05) is 32.9 Å². The average Bonchev–Trinajstić information content (AvgIpc) is 2.94. The molecule has 1 amide bonds. The van der Waals surface area contributed by atoms with Crippen LogP contribution in [-0.4, -0.2) is 39.9 Å². The lowest BCUT2D eigenvalue weighted by Gasteiger charge is -2.45. The Hall–Kier alpha value is -2.44. The Labute approximate surface area is 184 Å². The SMILES string of the molecule is CC1=CC(/C=C(\C)CCC(=O)O)C2(C(=O)CCC(=O)O)C(=O)NC(CC(C)C)C2C1C. The van der Waals surface area contributed by atoms with Crippen molar-refractivity contribution in [2.45, 2.75) is 72.8 Å². The molecule has 1 fully saturated rings. The average molecular weight is 434 g/mol. The maximum absolute atomic E-state index is 13.6. The molecule has 0 aromatic carbocycles. The number of amides is 1. The number of carboxylic acids is 2. The van der Waals surface area contributed by atoms with Gasteiger partial charge in [0.25, 0.3) is 0 Å². The first kappa shape index (κ1) is 24.8. The molecule has 7 heteroatoms. The highest BCUT2D eigenvalue weighted by Crippen LogP contribution is 2.55. The molecular formula is C24H35NO6. The van der Waals surface area contributed by atoms with Crippen LogP contribution in [0.5, 0.6) is 0 Å². The van der Waals surface area contributed by atoms with Crippen molar-refractivity contribution in [2.24, 2.45) is 29.1 Å². The zero-order chi connectivity index (χ0) is 23.5. The predicted octanol–water partition coefficient (Wildman–Crippen LogP) is 3.59. The molecule has 0 aromatic rings. The summed E-state index contributed by atoms with van der Waals surface area (Å²) in [4.78, 5) is 49.2. The van der Waals surface area contributed by atoms with Gasteiger partial charge in [0.15, 0.2) is 0 Å². The van der Waals surface area contributed by atoms with Crippen molar-refractivity contribution in [3.8, 4) is 0 Å². The lowest BCUT2D eigenvalue weighted by atomic mass is 9.54. The predicted molar refractivity (Wildman–Crippen MR) is 116 cm³/mol. The van der Waals surface area contributed by atoms with Crippen molar-refractivity contribution in [3.05, 3.63) is 23.3 Å². The Bertz CT molecular complexity index is 811. The Kier molecular flexibility index (Phi) is 7.84. The summed E-state index contributed by atoms with van der Waals surface area (Å²) < 4.78 is 0. The number of nitrogens with one attached hydrogen (secondary N) is 1. The van der Waals surface area contributed by atoms with Crippen LogP contribution in [0.4, 0.5) is 0 Å². The molecular weight excluding hydrogens is 398 g/mol. The molecule has 3 N–H and O–H groups in total.